The molecule has 2 aromatic rings. The van der Waals surface area contributed by atoms with Gasteiger partial charge in [-0.2, -0.15) is 0 Å². The third-order valence-corrected chi connectivity index (χ3v) is 4.73. The van der Waals surface area contributed by atoms with Gasteiger partial charge in [0.25, 0.3) is 5.69 Å². The number of non-ortho nitro benzene ring substituents is 1. The fourth-order valence-corrected chi connectivity index (χ4v) is 3.49. The molecule has 0 saturated carbocycles. The quantitative estimate of drug-likeness (QED) is 0.400. The first-order chi connectivity index (χ1) is 11.9. The van der Waals surface area contributed by atoms with Crippen LogP contribution in [-0.4, -0.2) is 28.8 Å². The van der Waals surface area contributed by atoms with Gasteiger partial charge >= 0.3 is 0 Å². The van der Waals surface area contributed by atoms with E-state index in [2.05, 4.69) is 11.9 Å². The Morgan fingerprint density at radius 3 is 2.68 bits per heavy atom. The number of benzene rings is 1. The van der Waals surface area contributed by atoms with Gasteiger partial charge in [0.15, 0.2) is 0 Å². The number of amides is 1. The molecule has 2 rings (SSSR count). The summed E-state index contributed by atoms with van der Waals surface area (Å²) in [6.45, 7) is 4.90. The van der Waals surface area contributed by atoms with Gasteiger partial charge in [0.2, 0.25) is 5.91 Å². The fourth-order valence-electron chi connectivity index (χ4n) is 2.14. The van der Waals surface area contributed by atoms with Crippen LogP contribution in [0, 0.1) is 10.1 Å². The van der Waals surface area contributed by atoms with Gasteiger partial charge in [-0.25, -0.2) is 0 Å². The Morgan fingerprint density at radius 2 is 2.12 bits per heavy atom. The number of rotatable bonds is 8. The van der Waals surface area contributed by atoms with Crippen LogP contribution in [0.5, 0.6) is 0 Å². The second-order valence-corrected chi connectivity index (χ2v) is 7.34. The average Bonchev–Trinajstić information content (AvgIpc) is 2.94. The number of nitrogens with zero attached hydrogens (tertiary/aromatic N) is 2. The second-order valence-electron chi connectivity index (χ2n) is 5.13. The predicted octanol–water partition coefficient (Wildman–Crippen LogP) is 4.59. The number of carbonyl (C=O) groups is 1. The van der Waals surface area contributed by atoms with E-state index in [1.807, 2.05) is 17.0 Å². The summed E-state index contributed by atoms with van der Waals surface area (Å²) in [5.74, 6) is -0.278. The van der Waals surface area contributed by atoms with Crippen molar-refractivity contribution in [2.24, 2.45) is 0 Å². The maximum Gasteiger partial charge on any atom is 0.271 e. The van der Waals surface area contributed by atoms with Crippen LogP contribution in [0.3, 0.4) is 0 Å². The van der Waals surface area contributed by atoms with Crippen molar-refractivity contribution in [1.82, 2.24) is 4.90 Å². The summed E-state index contributed by atoms with van der Waals surface area (Å²) < 4.78 is 0.690. The van der Waals surface area contributed by atoms with Crippen LogP contribution >= 0.6 is 34.5 Å². The topological polar surface area (TPSA) is 75.5 Å². The zero-order valence-electron chi connectivity index (χ0n) is 13.1. The predicted molar refractivity (Wildman–Crippen MR) is 102 cm³/mol. The van der Waals surface area contributed by atoms with E-state index in [1.165, 1.54) is 29.5 Å². The van der Waals surface area contributed by atoms with Gasteiger partial charge in [-0.3, -0.25) is 19.8 Å². The molecule has 132 valence electrons. The van der Waals surface area contributed by atoms with Crippen LogP contribution in [0.25, 0.3) is 0 Å². The van der Waals surface area contributed by atoms with E-state index in [-0.39, 0.29) is 23.2 Å². The smallest absolute Gasteiger partial charge is 0.271 e. The number of hydrogen-bond acceptors (Lipinski definition) is 5. The highest BCUT2D eigenvalue weighted by atomic mass is 35.5. The third-order valence-electron chi connectivity index (χ3n) is 3.20. The van der Waals surface area contributed by atoms with Gasteiger partial charge < -0.3 is 5.32 Å². The third kappa shape index (κ3) is 5.82. The van der Waals surface area contributed by atoms with Gasteiger partial charge in [0.05, 0.1) is 26.5 Å². The van der Waals surface area contributed by atoms with Gasteiger partial charge in [-0.1, -0.05) is 29.3 Å². The number of nitro groups is 1. The summed E-state index contributed by atoms with van der Waals surface area (Å²) in [5, 5.41) is 13.5. The van der Waals surface area contributed by atoms with Gasteiger partial charge in [0.1, 0.15) is 0 Å². The summed E-state index contributed by atoms with van der Waals surface area (Å²) in [5.41, 5.74) is 0.195. The van der Waals surface area contributed by atoms with Crippen LogP contribution in [0.15, 0.2) is 43.0 Å². The Kier molecular flexibility index (Phi) is 6.95. The molecule has 6 nitrogen and oxygen atoms in total. The number of anilines is 1. The maximum absolute atomic E-state index is 12.3. The molecule has 1 aromatic carbocycles. The molecule has 0 bridgehead atoms. The molecular weight excluding hydrogens is 385 g/mol. The summed E-state index contributed by atoms with van der Waals surface area (Å²) in [7, 11) is 0. The van der Waals surface area contributed by atoms with Crippen molar-refractivity contribution in [2.75, 3.05) is 18.4 Å². The molecule has 0 saturated heterocycles. The average molecular weight is 400 g/mol. The Hall–Kier alpha value is -1.93. The van der Waals surface area contributed by atoms with E-state index in [0.29, 0.717) is 23.1 Å². The van der Waals surface area contributed by atoms with Crippen LogP contribution in [0.1, 0.15) is 4.88 Å². The molecule has 0 fully saturated rings. The van der Waals surface area contributed by atoms with Crippen molar-refractivity contribution in [1.29, 1.82) is 0 Å². The molecule has 9 heteroatoms. The van der Waals surface area contributed by atoms with E-state index in [9.17, 15) is 14.9 Å². The first kappa shape index (κ1) is 19.4. The summed E-state index contributed by atoms with van der Waals surface area (Å²) in [6, 6.07) is 7.62. The van der Waals surface area contributed by atoms with Crippen molar-refractivity contribution >= 4 is 51.8 Å². The van der Waals surface area contributed by atoms with Gasteiger partial charge in [0, 0.05) is 30.1 Å². The van der Waals surface area contributed by atoms with Gasteiger partial charge in [-0.15, -0.1) is 17.9 Å². The molecule has 0 unspecified atom stereocenters. The van der Waals surface area contributed by atoms with Crippen molar-refractivity contribution in [3.8, 4) is 0 Å². The lowest BCUT2D eigenvalue weighted by atomic mass is 10.2. The Balaban J connectivity index is 2.01. The zero-order valence-corrected chi connectivity index (χ0v) is 15.4. The fraction of sp³-hybridized carbons (Fsp3) is 0.188. The molecule has 1 amide bonds. The van der Waals surface area contributed by atoms with Crippen molar-refractivity contribution < 1.29 is 9.72 Å². The van der Waals surface area contributed by atoms with E-state index in [1.54, 1.807) is 6.08 Å². The molecule has 25 heavy (non-hydrogen) atoms. The molecule has 1 aromatic heterocycles. The van der Waals surface area contributed by atoms with E-state index in [0.717, 1.165) is 4.88 Å². The van der Waals surface area contributed by atoms with Crippen molar-refractivity contribution in [3.63, 3.8) is 0 Å². The van der Waals surface area contributed by atoms with E-state index >= 15 is 0 Å². The van der Waals surface area contributed by atoms with Crippen molar-refractivity contribution in [3.05, 3.63) is 67.3 Å². The Bertz CT molecular complexity index is 795. The minimum absolute atomic E-state index is 0.114. The highest BCUT2D eigenvalue weighted by molar-refractivity contribution is 7.16. The van der Waals surface area contributed by atoms with Crippen LogP contribution in [0.2, 0.25) is 9.36 Å². The Morgan fingerprint density at radius 1 is 1.36 bits per heavy atom. The van der Waals surface area contributed by atoms with E-state index < -0.39 is 4.92 Å². The number of carbonyl (C=O) groups excluding carboxylic acids is 1. The largest absolute Gasteiger partial charge is 0.324 e. The molecule has 0 aliphatic heterocycles. The summed E-state index contributed by atoms with van der Waals surface area (Å²) >= 11 is 13.4. The molecule has 0 aliphatic rings. The van der Waals surface area contributed by atoms with E-state index in [4.69, 9.17) is 23.2 Å². The second kappa shape index (κ2) is 8.96. The number of hydrogen-bond donors (Lipinski definition) is 1. The van der Waals surface area contributed by atoms with Crippen LogP contribution in [-0.2, 0) is 11.3 Å². The van der Waals surface area contributed by atoms with Crippen LogP contribution in [0.4, 0.5) is 11.4 Å². The first-order valence-corrected chi connectivity index (χ1v) is 8.77. The van der Waals surface area contributed by atoms with Crippen LogP contribution < -0.4 is 5.32 Å². The summed E-state index contributed by atoms with van der Waals surface area (Å²) in [4.78, 5) is 25.4. The molecule has 0 aliphatic carbocycles. The van der Waals surface area contributed by atoms with Gasteiger partial charge in [-0.05, 0) is 18.2 Å². The Labute approximate surface area is 158 Å². The SMILES string of the molecule is C=CCN(CC(=O)Nc1ccc([N+](=O)[O-])cc1Cl)Cc1ccc(Cl)s1. The molecule has 0 spiro atoms. The molecule has 0 radical (unpaired) electrons. The standard InChI is InChI=1S/C16H15Cl2N3O3S/c1-2-7-20(9-12-4-6-15(18)25-12)10-16(22)19-14-5-3-11(21(23)24)8-13(14)17/h2-6,8H,1,7,9-10H2,(H,19,22). The minimum atomic E-state index is -0.546. The molecule has 0 atom stereocenters. The highest BCUT2D eigenvalue weighted by Crippen LogP contribution is 2.27. The number of halogens is 2. The first-order valence-electron chi connectivity index (χ1n) is 7.20. The minimum Gasteiger partial charge on any atom is -0.324 e. The molecular formula is C16H15Cl2N3O3S. The maximum atomic E-state index is 12.3. The van der Waals surface area contributed by atoms with Crippen molar-refractivity contribution in [2.45, 2.75) is 6.54 Å². The monoisotopic (exact) mass is 399 g/mol. The molecule has 1 heterocycles. The number of nitro benzene ring substituents is 1. The molecule has 1 N–H and O–H groups in total. The highest BCUT2D eigenvalue weighted by Gasteiger charge is 2.15. The summed E-state index contributed by atoms with van der Waals surface area (Å²) in [6.07, 6.45) is 1.71. The number of nitrogens with one attached hydrogen (secondary N) is 1. The normalized spacial score (nSPS) is 10.7. The lowest BCUT2D eigenvalue weighted by Gasteiger charge is -2.19. The zero-order chi connectivity index (χ0) is 18.4. The lowest BCUT2D eigenvalue weighted by Crippen LogP contribution is -2.32. The number of thiophene rings is 1. The lowest BCUT2D eigenvalue weighted by molar-refractivity contribution is -0.384.